The fourth-order valence-electron chi connectivity index (χ4n) is 4.51. The third-order valence-corrected chi connectivity index (χ3v) is 6.70. The van der Waals surface area contributed by atoms with Crippen molar-refractivity contribution in [3.05, 3.63) is 70.9 Å². The summed E-state index contributed by atoms with van der Waals surface area (Å²) in [4.78, 5) is 3.45. The Balaban J connectivity index is 1.71. The van der Waals surface area contributed by atoms with Crippen LogP contribution in [0, 0.1) is 0 Å². The molecule has 0 bridgehead atoms. The Morgan fingerprint density at radius 1 is 1.11 bits per heavy atom. The SMILES string of the molecule is CCc1ccccc1C(=S)c1ccc2c(c1)c(C1CCN(CC)CC1)cn2N. The van der Waals surface area contributed by atoms with E-state index in [1.165, 1.54) is 48.0 Å². The van der Waals surface area contributed by atoms with Gasteiger partial charge in [0.2, 0.25) is 0 Å². The first-order chi connectivity index (χ1) is 13.6. The minimum atomic E-state index is 0.571. The summed E-state index contributed by atoms with van der Waals surface area (Å²) in [5.74, 6) is 6.86. The van der Waals surface area contributed by atoms with E-state index < -0.39 is 0 Å². The van der Waals surface area contributed by atoms with Gasteiger partial charge in [-0.25, -0.2) is 0 Å². The number of fused-ring (bicyclic) bond motifs is 1. The molecule has 146 valence electrons. The molecule has 1 aromatic heterocycles. The molecule has 1 fully saturated rings. The van der Waals surface area contributed by atoms with E-state index in [0.29, 0.717) is 5.92 Å². The number of hydrogen-bond donors (Lipinski definition) is 1. The molecular weight excluding hydrogens is 362 g/mol. The molecule has 4 rings (SSSR count). The van der Waals surface area contributed by atoms with Crippen LogP contribution in [0.4, 0.5) is 0 Å². The van der Waals surface area contributed by atoms with Gasteiger partial charge in [-0.15, -0.1) is 0 Å². The topological polar surface area (TPSA) is 34.2 Å². The molecule has 0 spiro atoms. The standard InChI is InChI=1S/C24H29N3S/c1-3-17-7-5-6-8-20(17)24(28)19-9-10-23-21(15-19)22(16-27(23)25)18-11-13-26(4-2)14-12-18/h5-10,15-16,18H,3-4,11-14,25H2,1-2H3. The largest absolute Gasteiger partial charge is 0.339 e. The van der Waals surface area contributed by atoms with Crippen LogP contribution < -0.4 is 5.84 Å². The molecule has 1 aliphatic heterocycles. The van der Waals surface area contributed by atoms with Crippen molar-refractivity contribution >= 4 is 28.0 Å². The number of nitrogens with zero attached hydrogens (tertiary/aromatic N) is 2. The minimum Gasteiger partial charge on any atom is -0.339 e. The minimum absolute atomic E-state index is 0.571. The zero-order valence-corrected chi connectivity index (χ0v) is 17.6. The van der Waals surface area contributed by atoms with Crippen molar-refractivity contribution in [2.75, 3.05) is 25.5 Å². The van der Waals surface area contributed by atoms with Crippen molar-refractivity contribution < 1.29 is 0 Å². The molecule has 3 aromatic rings. The molecule has 0 atom stereocenters. The summed E-state index contributed by atoms with van der Waals surface area (Å²) in [6.07, 6.45) is 5.50. The number of likely N-dealkylation sites (tertiary alicyclic amines) is 1. The number of thiocarbonyl (C=S) groups is 1. The molecule has 2 aromatic carbocycles. The van der Waals surface area contributed by atoms with Crippen LogP contribution in [0.15, 0.2) is 48.7 Å². The van der Waals surface area contributed by atoms with Crippen LogP contribution in [0.3, 0.4) is 0 Å². The summed E-state index contributed by atoms with van der Waals surface area (Å²) in [7, 11) is 0. The molecule has 0 radical (unpaired) electrons. The van der Waals surface area contributed by atoms with E-state index in [1.807, 2.05) is 0 Å². The average molecular weight is 392 g/mol. The Kier molecular flexibility index (Phi) is 5.51. The lowest BCUT2D eigenvalue weighted by Gasteiger charge is -2.30. The van der Waals surface area contributed by atoms with Gasteiger partial charge in [-0.05, 0) is 79.2 Å². The van der Waals surface area contributed by atoms with E-state index in [1.54, 1.807) is 4.68 Å². The number of hydrogen-bond acceptors (Lipinski definition) is 3. The van der Waals surface area contributed by atoms with Gasteiger partial charge < -0.3 is 10.7 Å². The molecule has 28 heavy (non-hydrogen) atoms. The lowest BCUT2D eigenvalue weighted by molar-refractivity contribution is 0.223. The summed E-state index contributed by atoms with van der Waals surface area (Å²) in [5.41, 5.74) is 6.05. The molecular formula is C24H29N3S. The van der Waals surface area contributed by atoms with Gasteiger partial charge in [0.1, 0.15) is 0 Å². The molecule has 0 amide bonds. The third kappa shape index (κ3) is 3.47. The van der Waals surface area contributed by atoms with Gasteiger partial charge >= 0.3 is 0 Å². The highest BCUT2D eigenvalue weighted by Crippen LogP contribution is 2.34. The van der Waals surface area contributed by atoms with E-state index in [0.717, 1.165) is 28.9 Å². The zero-order valence-electron chi connectivity index (χ0n) is 16.8. The van der Waals surface area contributed by atoms with Crippen LogP contribution in [-0.4, -0.2) is 34.1 Å². The van der Waals surface area contributed by atoms with Crippen LogP contribution in [0.5, 0.6) is 0 Å². The first-order valence-electron chi connectivity index (χ1n) is 10.4. The fourth-order valence-corrected chi connectivity index (χ4v) is 4.84. The van der Waals surface area contributed by atoms with Crippen LogP contribution in [0.1, 0.15) is 54.9 Å². The third-order valence-electron chi connectivity index (χ3n) is 6.24. The van der Waals surface area contributed by atoms with Crippen molar-refractivity contribution in [1.82, 2.24) is 9.58 Å². The van der Waals surface area contributed by atoms with Gasteiger partial charge in [-0.2, -0.15) is 0 Å². The van der Waals surface area contributed by atoms with Gasteiger partial charge in [-0.1, -0.05) is 56.4 Å². The monoisotopic (exact) mass is 391 g/mol. The Morgan fingerprint density at radius 2 is 1.86 bits per heavy atom. The molecule has 3 nitrogen and oxygen atoms in total. The van der Waals surface area contributed by atoms with Crippen LogP contribution in [0.2, 0.25) is 0 Å². The van der Waals surface area contributed by atoms with E-state index in [2.05, 4.69) is 67.4 Å². The van der Waals surface area contributed by atoms with Gasteiger partial charge in [-0.3, -0.25) is 4.68 Å². The van der Waals surface area contributed by atoms with Crippen LogP contribution in [-0.2, 0) is 6.42 Å². The summed E-state index contributed by atoms with van der Waals surface area (Å²) in [6, 6.07) is 15.0. The number of rotatable bonds is 5. The lowest BCUT2D eigenvalue weighted by atomic mass is 9.88. The summed E-state index contributed by atoms with van der Waals surface area (Å²) in [5, 5.41) is 1.26. The Hall–Kier alpha value is -2.17. The molecule has 2 heterocycles. The number of nitrogen functional groups attached to an aromatic ring is 1. The smallest absolute Gasteiger partial charge is 0.0693 e. The Labute approximate surface area is 173 Å². The van der Waals surface area contributed by atoms with Gasteiger partial charge in [0.05, 0.1) is 10.4 Å². The van der Waals surface area contributed by atoms with Gasteiger partial charge in [0.25, 0.3) is 0 Å². The van der Waals surface area contributed by atoms with Gasteiger partial charge in [0, 0.05) is 11.6 Å². The van der Waals surface area contributed by atoms with E-state index in [-0.39, 0.29) is 0 Å². The van der Waals surface area contributed by atoms with Crippen molar-refractivity contribution in [2.24, 2.45) is 0 Å². The second kappa shape index (κ2) is 8.06. The number of nitrogens with two attached hydrogens (primary N) is 1. The zero-order chi connectivity index (χ0) is 19.7. The first kappa shape index (κ1) is 19.2. The number of benzene rings is 2. The number of aromatic nitrogens is 1. The van der Waals surface area contributed by atoms with Crippen molar-refractivity contribution in [3.63, 3.8) is 0 Å². The van der Waals surface area contributed by atoms with Crippen molar-refractivity contribution in [3.8, 4) is 0 Å². The molecule has 1 saturated heterocycles. The van der Waals surface area contributed by atoms with E-state index >= 15 is 0 Å². The predicted molar refractivity (Wildman–Crippen MR) is 123 cm³/mol. The predicted octanol–water partition coefficient (Wildman–Crippen LogP) is 4.88. The average Bonchev–Trinajstić information content (AvgIpc) is 3.09. The fraction of sp³-hybridized carbons (Fsp3) is 0.375. The molecule has 2 N–H and O–H groups in total. The van der Waals surface area contributed by atoms with E-state index in [4.69, 9.17) is 18.1 Å². The Bertz CT molecular complexity index is 996. The molecule has 4 heteroatoms. The summed E-state index contributed by atoms with van der Waals surface area (Å²) >= 11 is 5.90. The highest BCUT2D eigenvalue weighted by Gasteiger charge is 2.23. The normalized spacial score (nSPS) is 15.9. The molecule has 1 aliphatic rings. The maximum absolute atomic E-state index is 6.29. The van der Waals surface area contributed by atoms with Crippen molar-refractivity contribution in [2.45, 2.75) is 39.0 Å². The molecule has 0 saturated carbocycles. The van der Waals surface area contributed by atoms with Crippen LogP contribution in [0.25, 0.3) is 10.9 Å². The maximum atomic E-state index is 6.29. The molecule has 0 unspecified atom stereocenters. The van der Waals surface area contributed by atoms with E-state index in [9.17, 15) is 0 Å². The van der Waals surface area contributed by atoms with Crippen LogP contribution >= 0.6 is 12.2 Å². The number of piperidine rings is 1. The summed E-state index contributed by atoms with van der Waals surface area (Å²) < 4.78 is 1.78. The second-order valence-corrected chi connectivity index (χ2v) is 8.18. The lowest BCUT2D eigenvalue weighted by Crippen LogP contribution is -2.32. The van der Waals surface area contributed by atoms with Crippen molar-refractivity contribution in [1.29, 1.82) is 0 Å². The Morgan fingerprint density at radius 3 is 2.57 bits per heavy atom. The molecule has 0 aliphatic carbocycles. The number of aryl methyl sites for hydroxylation is 1. The highest BCUT2D eigenvalue weighted by molar-refractivity contribution is 7.81. The summed E-state index contributed by atoms with van der Waals surface area (Å²) in [6.45, 7) is 7.90. The quantitative estimate of drug-likeness (QED) is 0.382. The maximum Gasteiger partial charge on any atom is 0.0693 e. The van der Waals surface area contributed by atoms with Gasteiger partial charge in [0.15, 0.2) is 0 Å². The highest BCUT2D eigenvalue weighted by atomic mass is 32.1. The second-order valence-electron chi connectivity index (χ2n) is 7.77. The first-order valence-corrected chi connectivity index (χ1v) is 10.8.